The summed E-state index contributed by atoms with van der Waals surface area (Å²) in [5.74, 6) is 0. The normalized spacial score (nSPS) is 11.4. The Morgan fingerprint density at radius 1 is 1.50 bits per heavy atom. The van der Waals surface area contributed by atoms with E-state index in [-0.39, 0.29) is 12.0 Å². The minimum absolute atomic E-state index is 0.109. The standard InChI is InChI=1S/C10H15BrN2O/c1-10(2,7-14)6-13-9-3-8(11)4-12-5-9/h3-5,13-14H,6-7H2,1-2H3. The van der Waals surface area contributed by atoms with E-state index >= 15 is 0 Å². The monoisotopic (exact) mass is 258 g/mol. The molecular weight excluding hydrogens is 244 g/mol. The average Bonchev–Trinajstić information content (AvgIpc) is 2.15. The number of aromatic nitrogens is 1. The zero-order valence-corrected chi connectivity index (χ0v) is 10.0. The molecule has 0 fully saturated rings. The summed E-state index contributed by atoms with van der Waals surface area (Å²) in [4.78, 5) is 4.04. The van der Waals surface area contributed by atoms with E-state index in [0.717, 1.165) is 16.7 Å². The quantitative estimate of drug-likeness (QED) is 0.871. The van der Waals surface area contributed by atoms with E-state index in [2.05, 4.69) is 26.2 Å². The molecule has 0 saturated carbocycles. The molecule has 1 rings (SSSR count). The van der Waals surface area contributed by atoms with Gasteiger partial charge in [0.25, 0.3) is 0 Å². The third kappa shape index (κ3) is 3.64. The predicted molar refractivity (Wildman–Crippen MR) is 61.3 cm³/mol. The van der Waals surface area contributed by atoms with Gasteiger partial charge in [0.15, 0.2) is 0 Å². The van der Waals surface area contributed by atoms with Crippen LogP contribution in [0.3, 0.4) is 0 Å². The van der Waals surface area contributed by atoms with Crippen molar-refractivity contribution in [3.8, 4) is 0 Å². The largest absolute Gasteiger partial charge is 0.396 e. The molecule has 1 aromatic rings. The lowest BCUT2D eigenvalue weighted by Crippen LogP contribution is -2.26. The minimum atomic E-state index is -0.109. The zero-order chi connectivity index (χ0) is 10.6. The summed E-state index contributed by atoms with van der Waals surface area (Å²) in [6.07, 6.45) is 3.50. The maximum atomic E-state index is 9.06. The van der Waals surface area contributed by atoms with Crippen molar-refractivity contribution >= 4 is 21.6 Å². The van der Waals surface area contributed by atoms with Gasteiger partial charge >= 0.3 is 0 Å². The van der Waals surface area contributed by atoms with E-state index in [9.17, 15) is 0 Å². The molecule has 0 aliphatic rings. The fourth-order valence-corrected chi connectivity index (χ4v) is 1.27. The molecule has 0 unspecified atom stereocenters. The van der Waals surface area contributed by atoms with Crippen LogP contribution in [-0.4, -0.2) is 23.2 Å². The number of hydrogen-bond donors (Lipinski definition) is 2. The van der Waals surface area contributed by atoms with Gasteiger partial charge in [0, 0.05) is 29.2 Å². The van der Waals surface area contributed by atoms with Gasteiger partial charge in [-0.05, 0) is 22.0 Å². The summed E-state index contributed by atoms with van der Waals surface area (Å²) < 4.78 is 0.948. The van der Waals surface area contributed by atoms with E-state index in [1.165, 1.54) is 0 Å². The molecule has 0 saturated heterocycles. The number of nitrogens with one attached hydrogen (secondary N) is 1. The highest BCUT2D eigenvalue weighted by Gasteiger charge is 2.15. The second-order valence-electron chi connectivity index (χ2n) is 4.07. The van der Waals surface area contributed by atoms with Gasteiger partial charge < -0.3 is 10.4 Å². The maximum Gasteiger partial charge on any atom is 0.0538 e. The van der Waals surface area contributed by atoms with E-state index in [4.69, 9.17) is 5.11 Å². The molecule has 1 aromatic heterocycles. The van der Waals surface area contributed by atoms with E-state index in [1.807, 2.05) is 19.9 Å². The van der Waals surface area contributed by atoms with Crippen LogP contribution in [0.4, 0.5) is 5.69 Å². The summed E-state index contributed by atoms with van der Waals surface area (Å²) in [6, 6.07) is 1.96. The first-order valence-corrected chi connectivity index (χ1v) is 5.28. The Bertz CT molecular complexity index is 302. The van der Waals surface area contributed by atoms with Crippen molar-refractivity contribution in [1.29, 1.82) is 0 Å². The predicted octanol–water partition coefficient (Wildman–Crippen LogP) is 2.27. The van der Waals surface area contributed by atoms with Crippen molar-refractivity contribution in [3.05, 3.63) is 22.9 Å². The van der Waals surface area contributed by atoms with Crippen LogP contribution in [-0.2, 0) is 0 Å². The maximum absolute atomic E-state index is 9.06. The van der Waals surface area contributed by atoms with Crippen LogP contribution >= 0.6 is 15.9 Å². The van der Waals surface area contributed by atoms with E-state index < -0.39 is 0 Å². The number of rotatable bonds is 4. The van der Waals surface area contributed by atoms with Gasteiger partial charge in [-0.3, -0.25) is 4.98 Å². The lowest BCUT2D eigenvalue weighted by atomic mass is 9.95. The summed E-state index contributed by atoms with van der Waals surface area (Å²) in [6.45, 7) is 4.90. The fraction of sp³-hybridized carbons (Fsp3) is 0.500. The van der Waals surface area contributed by atoms with Crippen LogP contribution < -0.4 is 5.32 Å². The molecule has 0 bridgehead atoms. The molecule has 3 nitrogen and oxygen atoms in total. The molecule has 14 heavy (non-hydrogen) atoms. The molecule has 1 heterocycles. The third-order valence-corrected chi connectivity index (χ3v) is 2.34. The zero-order valence-electron chi connectivity index (χ0n) is 8.42. The van der Waals surface area contributed by atoms with Gasteiger partial charge in [0.05, 0.1) is 11.9 Å². The molecule has 0 radical (unpaired) electrons. The van der Waals surface area contributed by atoms with Crippen LogP contribution in [0.1, 0.15) is 13.8 Å². The smallest absolute Gasteiger partial charge is 0.0538 e. The summed E-state index contributed by atoms with van der Waals surface area (Å²) in [5.41, 5.74) is 0.850. The third-order valence-electron chi connectivity index (χ3n) is 1.90. The van der Waals surface area contributed by atoms with E-state index in [0.29, 0.717) is 0 Å². The van der Waals surface area contributed by atoms with Crippen molar-refractivity contribution in [2.45, 2.75) is 13.8 Å². The Morgan fingerprint density at radius 2 is 2.21 bits per heavy atom. The summed E-state index contributed by atoms with van der Waals surface area (Å²) in [5, 5.41) is 12.3. The Balaban J connectivity index is 2.54. The van der Waals surface area contributed by atoms with Gasteiger partial charge in [0.1, 0.15) is 0 Å². The van der Waals surface area contributed by atoms with Crippen molar-refractivity contribution in [1.82, 2.24) is 4.98 Å². The van der Waals surface area contributed by atoms with Gasteiger partial charge in [0.2, 0.25) is 0 Å². The van der Waals surface area contributed by atoms with Gasteiger partial charge in [-0.15, -0.1) is 0 Å². The summed E-state index contributed by atoms with van der Waals surface area (Å²) >= 11 is 3.35. The molecule has 4 heteroatoms. The van der Waals surface area contributed by atoms with Gasteiger partial charge in [-0.1, -0.05) is 13.8 Å². The molecule has 78 valence electrons. The minimum Gasteiger partial charge on any atom is -0.396 e. The van der Waals surface area contributed by atoms with Crippen LogP contribution in [0.25, 0.3) is 0 Å². The van der Waals surface area contributed by atoms with Crippen LogP contribution in [0.5, 0.6) is 0 Å². The lowest BCUT2D eigenvalue weighted by Gasteiger charge is -2.22. The molecular formula is C10H15BrN2O. The number of aliphatic hydroxyl groups excluding tert-OH is 1. The summed E-state index contributed by atoms with van der Waals surface area (Å²) in [7, 11) is 0. The molecule has 0 aliphatic heterocycles. The van der Waals surface area contributed by atoms with Crippen LogP contribution in [0.15, 0.2) is 22.9 Å². The average molecular weight is 259 g/mol. The van der Waals surface area contributed by atoms with Gasteiger partial charge in [-0.2, -0.15) is 0 Å². The number of hydrogen-bond acceptors (Lipinski definition) is 3. The van der Waals surface area contributed by atoms with Crippen LogP contribution in [0, 0.1) is 5.41 Å². The Hall–Kier alpha value is -0.610. The first-order valence-electron chi connectivity index (χ1n) is 4.49. The highest BCUT2D eigenvalue weighted by molar-refractivity contribution is 9.10. The molecule has 0 amide bonds. The number of halogens is 1. The first-order chi connectivity index (χ1) is 6.53. The number of nitrogens with zero attached hydrogens (tertiary/aromatic N) is 1. The molecule has 0 aliphatic carbocycles. The van der Waals surface area contributed by atoms with Crippen molar-refractivity contribution in [2.75, 3.05) is 18.5 Å². The molecule has 0 spiro atoms. The van der Waals surface area contributed by atoms with Crippen molar-refractivity contribution < 1.29 is 5.11 Å². The van der Waals surface area contributed by atoms with Crippen molar-refractivity contribution in [3.63, 3.8) is 0 Å². The highest BCUT2D eigenvalue weighted by Crippen LogP contribution is 2.17. The number of anilines is 1. The van der Waals surface area contributed by atoms with Gasteiger partial charge in [-0.25, -0.2) is 0 Å². The Kier molecular flexibility index (Phi) is 3.89. The molecule has 2 N–H and O–H groups in total. The van der Waals surface area contributed by atoms with Crippen molar-refractivity contribution in [2.24, 2.45) is 5.41 Å². The SMILES string of the molecule is CC(C)(CO)CNc1cncc(Br)c1. The first kappa shape index (κ1) is 11.5. The number of aliphatic hydroxyl groups is 1. The van der Waals surface area contributed by atoms with E-state index in [1.54, 1.807) is 12.4 Å². The number of pyridine rings is 1. The Labute approximate surface area is 92.7 Å². The lowest BCUT2D eigenvalue weighted by molar-refractivity contribution is 0.171. The second-order valence-corrected chi connectivity index (χ2v) is 4.98. The fourth-order valence-electron chi connectivity index (χ4n) is 0.906. The highest BCUT2D eigenvalue weighted by atomic mass is 79.9. The molecule has 0 atom stereocenters. The second kappa shape index (κ2) is 4.75. The topological polar surface area (TPSA) is 45.1 Å². The Morgan fingerprint density at radius 3 is 2.79 bits per heavy atom. The molecule has 0 aromatic carbocycles. The van der Waals surface area contributed by atoms with Crippen LogP contribution in [0.2, 0.25) is 0 Å².